The number of ether oxygens (including phenoxy) is 1. The van der Waals surface area contributed by atoms with Crippen LogP contribution in [0.2, 0.25) is 0 Å². The molecule has 2 aromatic carbocycles. The van der Waals surface area contributed by atoms with E-state index in [1.807, 2.05) is 60.7 Å². The lowest BCUT2D eigenvalue weighted by Gasteiger charge is -2.13. The number of hydrogen-bond donors (Lipinski definition) is 1. The third kappa shape index (κ3) is 4.52. The van der Waals surface area contributed by atoms with Crippen LogP contribution in [0.5, 0.6) is 0 Å². The van der Waals surface area contributed by atoms with E-state index in [1.54, 1.807) is 6.92 Å². The number of carbonyl (C=O) groups is 1. The minimum Gasteiger partial charge on any atom is -0.364 e. The van der Waals surface area contributed by atoms with Crippen molar-refractivity contribution in [2.75, 3.05) is 0 Å². The Kier molecular flexibility index (Phi) is 5.33. The van der Waals surface area contributed by atoms with E-state index >= 15 is 0 Å². The molecule has 0 bridgehead atoms. The molecular weight excluding hydrogens is 250 g/mol. The average molecular weight is 269 g/mol. The standard InChI is InChI=1S/C17H19NO2/c1-14(20-13-16-10-6-3-7-11-16)17(19)18-12-15-8-4-2-5-9-15/h2-11,14H,12-13H2,1H3,(H,18,19)/t14-/m1/s1. The molecule has 104 valence electrons. The maximum absolute atomic E-state index is 11.9. The lowest BCUT2D eigenvalue weighted by atomic mass is 10.2. The second-order valence-electron chi connectivity index (χ2n) is 4.64. The van der Waals surface area contributed by atoms with Crippen molar-refractivity contribution in [3.63, 3.8) is 0 Å². The predicted octanol–water partition coefficient (Wildman–Crippen LogP) is 2.91. The van der Waals surface area contributed by atoms with E-state index in [9.17, 15) is 4.79 Å². The van der Waals surface area contributed by atoms with E-state index in [1.165, 1.54) is 0 Å². The summed E-state index contributed by atoms with van der Waals surface area (Å²) in [4.78, 5) is 11.9. The van der Waals surface area contributed by atoms with Gasteiger partial charge in [0.05, 0.1) is 6.61 Å². The smallest absolute Gasteiger partial charge is 0.249 e. The highest BCUT2D eigenvalue weighted by Gasteiger charge is 2.12. The first-order valence-electron chi connectivity index (χ1n) is 6.73. The normalized spacial score (nSPS) is 11.8. The first kappa shape index (κ1) is 14.3. The van der Waals surface area contributed by atoms with Gasteiger partial charge < -0.3 is 10.1 Å². The van der Waals surface area contributed by atoms with Crippen molar-refractivity contribution in [2.45, 2.75) is 26.2 Å². The van der Waals surface area contributed by atoms with Gasteiger partial charge in [-0.2, -0.15) is 0 Å². The largest absolute Gasteiger partial charge is 0.364 e. The monoisotopic (exact) mass is 269 g/mol. The molecule has 0 fully saturated rings. The van der Waals surface area contributed by atoms with Crippen LogP contribution in [0.25, 0.3) is 0 Å². The van der Waals surface area contributed by atoms with Gasteiger partial charge in [-0.25, -0.2) is 0 Å². The SMILES string of the molecule is C[C@@H](OCc1ccccc1)C(=O)NCc1ccccc1. The van der Waals surface area contributed by atoms with Crippen LogP contribution in [-0.4, -0.2) is 12.0 Å². The average Bonchev–Trinajstić information content (AvgIpc) is 2.52. The molecule has 3 nitrogen and oxygen atoms in total. The quantitative estimate of drug-likeness (QED) is 0.875. The molecule has 1 N–H and O–H groups in total. The second-order valence-corrected chi connectivity index (χ2v) is 4.64. The summed E-state index contributed by atoms with van der Waals surface area (Å²) in [5.74, 6) is -0.0928. The molecule has 1 amide bonds. The molecule has 1 atom stereocenters. The molecular formula is C17H19NO2. The number of rotatable bonds is 6. The topological polar surface area (TPSA) is 38.3 Å². The minimum absolute atomic E-state index is 0.0928. The van der Waals surface area contributed by atoms with Crippen molar-refractivity contribution < 1.29 is 9.53 Å². The molecule has 0 aliphatic carbocycles. The van der Waals surface area contributed by atoms with Crippen molar-refractivity contribution in [1.82, 2.24) is 5.32 Å². The maximum atomic E-state index is 11.9. The van der Waals surface area contributed by atoms with E-state index in [0.717, 1.165) is 11.1 Å². The number of benzene rings is 2. The van der Waals surface area contributed by atoms with Gasteiger partial charge in [0.15, 0.2) is 0 Å². The third-order valence-corrected chi connectivity index (χ3v) is 3.02. The van der Waals surface area contributed by atoms with Gasteiger partial charge in [0.2, 0.25) is 5.91 Å². The lowest BCUT2D eigenvalue weighted by molar-refractivity contribution is -0.132. The van der Waals surface area contributed by atoms with Crippen LogP contribution in [0, 0.1) is 0 Å². The van der Waals surface area contributed by atoms with Crippen LogP contribution < -0.4 is 5.32 Å². The van der Waals surface area contributed by atoms with Gasteiger partial charge in [-0.15, -0.1) is 0 Å². The summed E-state index contributed by atoms with van der Waals surface area (Å²) in [6, 6.07) is 19.7. The van der Waals surface area contributed by atoms with Gasteiger partial charge in [-0.05, 0) is 18.1 Å². The minimum atomic E-state index is -0.459. The van der Waals surface area contributed by atoms with Crippen molar-refractivity contribution in [3.05, 3.63) is 71.8 Å². The Balaban J connectivity index is 1.75. The van der Waals surface area contributed by atoms with E-state index in [4.69, 9.17) is 4.74 Å². The van der Waals surface area contributed by atoms with Crippen LogP contribution in [0.15, 0.2) is 60.7 Å². The van der Waals surface area contributed by atoms with Crippen LogP contribution in [0.3, 0.4) is 0 Å². The maximum Gasteiger partial charge on any atom is 0.249 e. The van der Waals surface area contributed by atoms with Crippen LogP contribution in [0.1, 0.15) is 18.1 Å². The molecule has 0 aliphatic heterocycles. The van der Waals surface area contributed by atoms with Gasteiger partial charge in [0, 0.05) is 6.54 Å². The fourth-order valence-electron chi connectivity index (χ4n) is 1.80. The highest BCUT2D eigenvalue weighted by atomic mass is 16.5. The molecule has 0 unspecified atom stereocenters. The van der Waals surface area contributed by atoms with Crippen LogP contribution in [-0.2, 0) is 22.7 Å². The van der Waals surface area contributed by atoms with E-state index < -0.39 is 6.10 Å². The Labute approximate surface area is 119 Å². The van der Waals surface area contributed by atoms with Crippen molar-refractivity contribution in [3.8, 4) is 0 Å². The fraction of sp³-hybridized carbons (Fsp3) is 0.235. The Morgan fingerprint density at radius 1 is 1.00 bits per heavy atom. The van der Waals surface area contributed by atoms with Gasteiger partial charge in [0.1, 0.15) is 6.10 Å². The van der Waals surface area contributed by atoms with Gasteiger partial charge in [-0.1, -0.05) is 60.7 Å². The van der Waals surface area contributed by atoms with Gasteiger partial charge in [-0.3, -0.25) is 4.79 Å². The Morgan fingerprint density at radius 2 is 1.55 bits per heavy atom. The van der Waals surface area contributed by atoms with Crippen LogP contribution in [0.4, 0.5) is 0 Å². The molecule has 20 heavy (non-hydrogen) atoms. The molecule has 0 aromatic heterocycles. The van der Waals surface area contributed by atoms with Gasteiger partial charge in [0.25, 0.3) is 0 Å². The van der Waals surface area contributed by atoms with Crippen molar-refractivity contribution >= 4 is 5.91 Å². The molecule has 0 aliphatic rings. The highest BCUT2D eigenvalue weighted by molar-refractivity contribution is 5.80. The molecule has 0 saturated heterocycles. The molecule has 2 rings (SSSR count). The fourth-order valence-corrected chi connectivity index (χ4v) is 1.80. The molecule has 0 spiro atoms. The third-order valence-electron chi connectivity index (χ3n) is 3.02. The first-order valence-corrected chi connectivity index (χ1v) is 6.73. The van der Waals surface area contributed by atoms with Crippen molar-refractivity contribution in [1.29, 1.82) is 0 Å². The second kappa shape index (κ2) is 7.46. The summed E-state index contributed by atoms with van der Waals surface area (Å²) < 4.78 is 5.57. The molecule has 2 aromatic rings. The summed E-state index contributed by atoms with van der Waals surface area (Å²) >= 11 is 0. The summed E-state index contributed by atoms with van der Waals surface area (Å²) in [5, 5.41) is 2.87. The lowest BCUT2D eigenvalue weighted by Crippen LogP contribution is -2.33. The van der Waals surface area contributed by atoms with Crippen LogP contribution >= 0.6 is 0 Å². The zero-order valence-corrected chi connectivity index (χ0v) is 11.6. The van der Waals surface area contributed by atoms with Crippen molar-refractivity contribution in [2.24, 2.45) is 0 Å². The zero-order chi connectivity index (χ0) is 14.2. The van der Waals surface area contributed by atoms with E-state index in [0.29, 0.717) is 13.2 Å². The Hall–Kier alpha value is -2.13. The number of carbonyl (C=O) groups excluding carboxylic acids is 1. The highest BCUT2D eigenvalue weighted by Crippen LogP contribution is 2.04. The molecule has 0 heterocycles. The number of hydrogen-bond acceptors (Lipinski definition) is 2. The zero-order valence-electron chi connectivity index (χ0n) is 11.6. The Morgan fingerprint density at radius 3 is 2.15 bits per heavy atom. The molecule has 0 saturated carbocycles. The van der Waals surface area contributed by atoms with Gasteiger partial charge >= 0.3 is 0 Å². The van der Waals surface area contributed by atoms with E-state index in [2.05, 4.69) is 5.32 Å². The predicted molar refractivity (Wildman–Crippen MR) is 79.0 cm³/mol. The molecule has 3 heteroatoms. The number of amides is 1. The summed E-state index contributed by atoms with van der Waals surface area (Å²) in [6.07, 6.45) is -0.459. The summed E-state index contributed by atoms with van der Waals surface area (Å²) in [6.45, 7) is 2.74. The number of nitrogens with one attached hydrogen (secondary N) is 1. The summed E-state index contributed by atoms with van der Waals surface area (Å²) in [7, 11) is 0. The van der Waals surface area contributed by atoms with E-state index in [-0.39, 0.29) is 5.91 Å². The molecule has 0 radical (unpaired) electrons. The Bertz CT molecular complexity index is 525. The summed E-state index contributed by atoms with van der Waals surface area (Å²) in [5.41, 5.74) is 2.14. The first-order chi connectivity index (χ1) is 9.75.